The number of hydrogen-bond acceptors (Lipinski definition) is 9. The number of esters is 1. The molecule has 0 spiro atoms. The normalized spacial score (nSPS) is 11.5. The van der Waals surface area contributed by atoms with Crippen LogP contribution in [0.15, 0.2) is 17.1 Å². The van der Waals surface area contributed by atoms with Crippen LogP contribution in [-0.2, 0) is 33.4 Å². The molecule has 0 aromatic heterocycles. The third-order valence-electron chi connectivity index (χ3n) is 5.04. The zero-order valence-electron chi connectivity index (χ0n) is 28.8. The van der Waals surface area contributed by atoms with Crippen molar-refractivity contribution in [1.29, 1.82) is 0 Å². The lowest BCUT2D eigenvalue weighted by Gasteiger charge is -2.15. The molecule has 10 nitrogen and oxygen atoms in total. The molecule has 0 bridgehead atoms. The molecule has 0 radical (unpaired) electrons. The van der Waals surface area contributed by atoms with Gasteiger partial charge in [0.1, 0.15) is 12.4 Å². The van der Waals surface area contributed by atoms with E-state index < -0.39 is 0 Å². The molecule has 0 aromatic rings. The van der Waals surface area contributed by atoms with Gasteiger partial charge < -0.3 is 24.6 Å². The second kappa shape index (κ2) is 40.5. The first-order valence-electron chi connectivity index (χ1n) is 15.1. The Morgan fingerprint density at radius 3 is 1.88 bits per heavy atom. The van der Waals surface area contributed by atoms with Gasteiger partial charge in [0, 0.05) is 26.6 Å². The fourth-order valence-electron chi connectivity index (χ4n) is 2.48. The summed E-state index contributed by atoms with van der Waals surface area (Å²) >= 11 is 0. The minimum absolute atomic E-state index is 0.0488. The Morgan fingerprint density at radius 2 is 1.50 bits per heavy atom. The number of carbonyl (C=O) groups is 4. The van der Waals surface area contributed by atoms with Crippen molar-refractivity contribution >= 4 is 30.0 Å². The summed E-state index contributed by atoms with van der Waals surface area (Å²) in [5.41, 5.74) is 0. The van der Waals surface area contributed by atoms with Crippen LogP contribution in [0.4, 0.5) is 0 Å². The first-order chi connectivity index (χ1) is 20.0. The SMILES string of the molecule is C/C=C\C(=NCC(=O)CCCCC)NC(=O)C(C)CC.CCC.CCCC(COC(=O)C(C)C)OC.CO.COC=O. The molecule has 10 heteroatoms. The number of allylic oxidation sites excluding steroid dienone is 1. The molecule has 0 fully saturated rings. The molecule has 2 unspecified atom stereocenters. The van der Waals surface area contributed by atoms with Crippen LogP contribution in [0.3, 0.4) is 0 Å². The van der Waals surface area contributed by atoms with Gasteiger partial charge in [-0.3, -0.25) is 24.2 Å². The second-order valence-corrected chi connectivity index (χ2v) is 9.47. The summed E-state index contributed by atoms with van der Waals surface area (Å²) < 4.78 is 14.0. The van der Waals surface area contributed by atoms with Gasteiger partial charge in [-0.15, -0.1) is 0 Å². The lowest BCUT2D eigenvalue weighted by molar-refractivity contribution is -0.151. The Morgan fingerprint density at radius 1 is 0.952 bits per heavy atom. The van der Waals surface area contributed by atoms with Crippen molar-refractivity contribution in [2.75, 3.05) is 34.5 Å². The fourth-order valence-corrected chi connectivity index (χ4v) is 2.48. The van der Waals surface area contributed by atoms with E-state index in [4.69, 9.17) is 19.4 Å². The molecule has 2 N–H and O–H groups in total. The van der Waals surface area contributed by atoms with Crippen molar-refractivity contribution < 1.29 is 38.5 Å². The molecule has 0 rings (SSSR count). The van der Waals surface area contributed by atoms with Gasteiger partial charge in [0.2, 0.25) is 5.91 Å². The number of aliphatic imine (C=N–C) groups is 1. The van der Waals surface area contributed by atoms with Gasteiger partial charge >= 0.3 is 5.97 Å². The van der Waals surface area contributed by atoms with Crippen molar-refractivity contribution in [1.82, 2.24) is 5.32 Å². The summed E-state index contributed by atoms with van der Waals surface area (Å²) in [6.07, 6.45) is 11.2. The lowest BCUT2D eigenvalue weighted by atomic mass is 10.1. The highest BCUT2D eigenvalue weighted by molar-refractivity contribution is 6.05. The van der Waals surface area contributed by atoms with Gasteiger partial charge in [-0.1, -0.05) is 87.1 Å². The molecular weight excluding hydrogens is 540 g/mol. The number of hydrogen-bond donors (Lipinski definition) is 2. The van der Waals surface area contributed by atoms with E-state index >= 15 is 0 Å². The maximum atomic E-state index is 11.8. The molecule has 0 aliphatic rings. The number of rotatable bonds is 16. The topological polar surface area (TPSA) is 141 Å². The van der Waals surface area contributed by atoms with Crippen molar-refractivity contribution in [3.63, 3.8) is 0 Å². The number of Topliss-reactive ketones (excluding diaryl/α,β-unsaturated/α-hetero) is 1. The van der Waals surface area contributed by atoms with Crippen LogP contribution < -0.4 is 5.32 Å². The van der Waals surface area contributed by atoms with Crippen LogP contribution in [0.5, 0.6) is 0 Å². The van der Waals surface area contributed by atoms with Crippen LogP contribution in [0.1, 0.15) is 114 Å². The van der Waals surface area contributed by atoms with Gasteiger partial charge in [0.15, 0.2) is 5.78 Å². The molecule has 0 aliphatic heterocycles. The summed E-state index contributed by atoms with van der Waals surface area (Å²) in [5.74, 6) is 0.283. The Bertz CT molecular complexity index is 679. The Labute approximate surface area is 257 Å². The second-order valence-electron chi connectivity index (χ2n) is 9.47. The summed E-state index contributed by atoms with van der Waals surface area (Å²) in [5, 5.41) is 9.76. The number of aliphatic hydroxyl groups excluding tert-OH is 1. The minimum atomic E-state index is -0.154. The van der Waals surface area contributed by atoms with E-state index in [2.05, 4.69) is 42.7 Å². The summed E-state index contributed by atoms with van der Waals surface area (Å²) in [6.45, 7) is 18.7. The quantitative estimate of drug-likeness (QED) is 0.0709. The zero-order chi connectivity index (χ0) is 33.8. The van der Waals surface area contributed by atoms with E-state index in [0.29, 0.717) is 25.3 Å². The molecule has 0 saturated heterocycles. The molecular formula is C32H64N2O8. The van der Waals surface area contributed by atoms with E-state index in [0.717, 1.165) is 45.6 Å². The highest BCUT2D eigenvalue weighted by Gasteiger charge is 2.13. The predicted octanol–water partition coefficient (Wildman–Crippen LogP) is 6.09. The van der Waals surface area contributed by atoms with Crippen molar-refractivity contribution in [2.45, 2.75) is 120 Å². The van der Waals surface area contributed by atoms with Gasteiger partial charge in [0.25, 0.3) is 6.47 Å². The highest BCUT2D eigenvalue weighted by Crippen LogP contribution is 2.04. The van der Waals surface area contributed by atoms with Gasteiger partial charge in [0.05, 0.1) is 25.7 Å². The van der Waals surface area contributed by atoms with E-state index in [-0.39, 0.29) is 42.1 Å². The maximum absolute atomic E-state index is 11.8. The first-order valence-corrected chi connectivity index (χ1v) is 15.1. The average Bonchev–Trinajstić information content (AvgIpc) is 2.99. The molecule has 2 atom stereocenters. The molecule has 0 aromatic carbocycles. The van der Waals surface area contributed by atoms with Gasteiger partial charge in [-0.25, -0.2) is 0 Å². The number of nitrogens with zero attached hydrogens (tertiary/aromatic N) is 1. The van der Waals surface area contributed by atoms with Crippen molar-refractivity contribution in [3.05, 3.63) is 12.2 Å². The third kappa shape index (κ3) is 39.6. The maximum Gasteiger partial charge on any atom is 0.308 e. The monoisotopic (exact) mass is 604 g/mol. The molecule has 0 heterocycles. The number of aliphatic hydroxyl groups is 1. The summed E-state index contributed by atoms with van der Waals surface area (Å²) in [7, 11) is 3.95. The number of carbonyl (C=O) groups excluding carboxylic acids is 4. The van der Waals surface area contributed by atoms with Gasteiger partial charge in [-0.2, -0.15) is 0 Å². The molecule has 1 amide bonds. The van der Waals surface area contributed by atoms with Crippen molar-refractivity contribution in [2.24, 2.45) is 16.8 Å². The standard InChI is InChI=1S/C16H28N2O2.C10H20O3.C3H8.C2H4O2.CH4O/c1-5-8-9-11-14(19)12-17-15(10-6-2)18-16(20)13(4)7-3;1-5-6-9(12-4)7-13-10(11)8(2)3;1-3-2;1-4-2-3;1-2/h6,10,13H,5,7-9,11-12H2,1-4H3,(H,17,18,20);8-9H,5-7H2,1-4H3;3H2,1-2H3;2H,1H3;2H,1H3/b10-6-;;;;. The highest BCUT2D eigenvalue weighted by atomic mass is 16.6. The van der Waals surface area contributed by atoms with E-state index in [1.54, 1.807) is 19.3 Å². The number of ketones is 1. The summed E-state index contributed by atoms with van der Waals surface area (Å²) in [4.78, 5) is 47.7. The number of amidine groups is 1. The fraction of sp³-hybridized carbons (Fsp3) is 0.781. The Kier molecular flexibility index (Phi) is 47.4. The molecule has 0 saturated carbocycles. The third-order valence-corrected chi connectivity index (χ3v) is 5.04. The minimum Gasteiger partial charge on any atom is -0.471 e. The van der Waals surface area contributed by atoms with Gasteiger partial charge in [-0.05, 0) is 32.3 Å². The van der Waals surface area contributed by atoms with Crippen molar-refractivity contribution in [3.8, 4) is 0 Å². The lowest BCUT2D eigenvalue weighted by Crippen LogP contribution is -2.33. The molecule has 250 valence electrons. The van der Waals surface area contributed by atoms with E-state index in [1.165, 1.54) is 13.5 Å². The number of methoxy groups -OCH3 is 2. The predicted molar refractivity (Wildman–Crippen MR) is 173 cm³/mol. The number of ether oxygens (including phenoxy) is 3. The Balaban J connectivity index is -0.000000177. The van der Waals surface area contributed by atoms with Crippen LogP contribution in [-0.4, -0.2) is 75.7 Å². The summed E-state index contributed by atoms with van der Waals surface area (Å²) in [6, 6.07) is 0. The van der Waals surface area contributed by atoms with Crippen LogP contribution in [0, 0.1) is 11.8 Å². The average molecular weight is 605 g/mol. The van der Waals surface area contributed by atoms with Crippen LogP contribution >= 0.6 is 0 Å². The molecule has 0 aliphatic carbocycles. The van der Waals surface area contributed by atoms with Crippen LogP contribution in [0.25, 0.3) is 0 Å². The molecule has 42 heavy (non-hydrogen) atoms. The number of amides is 1. The zero-order valence-corrected chi connectivity index (χ0v) is 28.8. The number of unbranched alkanes of at least 4 members (excludes halogenated alkanes) is 2. The smallest absolute Gasteiger partial charge is 0.308 e. The van der Waals surface area contributed by atoms with E-state index in [1.807, 2.05) is 34.6 Å². The Hall–Kier alpha value is -2.59. The number of nitrogens with one attached hydrogen (secondary N) is 1. The largest absolute Gasteiger partial charge is 0.471 e. The van der Waals surface area contributed by atoms with Crippen LogP contribution in [0.2, 0.25) is 0 Å². The van der Waals surface area contributed by atoms with E-state index in [9.17, 15) is 14.4 Å². The first kappa shape index (κ1) is 49.1.